The highest BCUT2D eigenvalue weighted by molar-refractivity contribution is 6.30. The van der Waals surface area contributed by atoms with E-state index in [4.69, 9.17) is 17.3 Å². The van der Waals surface area contributed by atoms with Gasteiger partial charge < -0.3 is 20.5 Å². The van der Waals surface area contributed by atoms with Gasteiger partial charge in [-0.3, -0.25) is 9.59 Å². The molecule has 1 aliphatic heterocycles. The van der Waals surface area contributed by atoms with Gasteiger partial charge in [0.05, 0.1) is 16.5 Å². The first kappa shape index (κ1) is 20.7. The van der Waals surface area contributed by atoms with Gasteiger partial charge >= 0.3 is 0 Å². The lowest BCUT2D eigenvalue weighted by atomic mass is 10.1. The second-order valence-corrected chi connectivity index (χ2v) is 8.84. The molecular weight excluding hydrogens is 435 g/mol. The van der Waals surface area contributed by atoms with E-state index in [2.05, 4.69) is 15.3 Å². The number of anilines is 1. The summed E-state index contributed by atoms with van der Waals surface area (Å²) in [5, 5.41) is 3.54. The van der Waals surface area contributed by atoms with Crippen molar-refractivity contribution in [3.8, 4) is 0 Å². The number of nitrogens with two attached hydrogens (primary N) is 1. The smallest absolute Gasteiger partial charge is 0.243 e. The van der Waals surface area contributed by atoms with Crippen LogP contribution in [0.1, 0.15) is 31.4 Å². The first-order valence-corrected chi connectivity index (χ1v) is 10.8. The van der Waals surface area contributed by atoms with Crippen molar-refractivity contribution in [1.29, 1.82) is 0 Å². The second kappa shape index (κ2) is 7.74. The van der Waals surface area contributed by atoms with Crippen molar-refractivity contribution in [3.63, 3.8) is 0 Å². The highest BCUT2D eigenvalue weighted by atomic mass is 35.5. The summed E-state index contributed by atoms with van der Waals surface area (Å²) in [5.41, 5.74) is 6.76. The van der Waals surface area contributed by atoms with Crippen molar-refractivity contribution in [1.82, 2.24) is 24.8 Å². The average Bonchev–Trinajstić information content (AvgIpc) is 3.22. The molecule has 0 radical (unpaired) electrons. The predicted octanol–water partition coefficient (Wildman–Crippen LogP) is 2.67. The maximum absolute atomic E-state index is 14.4. The molecule has 1 aromatic carbocycles. The van der Waals surface area contributed by atoms with Gasteiger partial charge in [0.15, 0.2) is 0 Å². The fourth-order valence-corrected chi connectivity index (χ4v) is 4.85. The zero-order chi connectivity index (χ0) is 22.6. The van der Waals surface area contributed by atoms with Crippen LogP contribution in [0.4, 0.5) is 10.2 Å². The number of nitrogens with one attached hydrogen (secondary N) is 1. The Balaban J connectivity index is 1.32. The van der Waals surface area contributed by atoms with E-state index in [1.165, 1.54) is 12.4 Å². The Morgan fingerprint density at radius 2 is 2.12 bits per heavy atom. The molecule has 3 N–H and O–H groups in total. The molecule has 1 unspecified atom stereocenters. The summed E-state index contributed by atoms with van der Waals surface area (Å²) < 4.78 is 16.1. The molecule has 2 amide bonds. The molecule has 1 aliphatic carbocycles. The number of rotatable bonds is 5. The summed E-state index contributed by atoms with van der Waals surface area (Å²) in [6, 6.07) is 5.36. The maximum Gasteiger partial charge on any atom is 0.243 e. The fourth-order valence-electron chi connectivity index (χ4n) is 4.67. The number of nitrogens with zero attached hydrogens (tertiary/aromatic N) is 4. The van der Waals surface area contributed by atoms with E-state index in [-0.39, 0.29) is 29.4 Å². The number of carbonyl (C=O) groups is 2. The van der Waals surface area contributed by atoms with Gasteiger partial charge in [0.25, 0.3) is 0 Å². The number of piperidine rings is 1. The van der Waals surface area contributed by atoms with Gasteiger partial charge in [-0.2, -0.15) is 0 Å². The Labute approximate surface area is 188 Å². The molecule has 3 aromatic rings. The Bertz CT molecular complexity index is 1230. The molecule has 1 saturated heterocycles. The van der Waals surface area contributed by atoms with Crippen LogP contribution >= 0.6 is 11.6 Å². The number of carbonyl (C=O) groups excluding carboxylic acids is 2. The molecule has 2 fully saturated rings. The van der Waals surface area contributed by atoms with Crippen molar-refractivity contribution < 1.29 is 14.0 Å². The van der Waals surface area contributed by atoms with E-state index in [0.717, 1.165) is 6.42 Å². The number of likely N-dealkylation sites (tertiary alicyclic amines) is 1. The van der Waals surface area contributed by atoms with E-state index in [9.17, 15) is 14.0 Å². The Kier molecular flexibility index (Phi) is 5.00. The normalized spacial score (nSPS) is 22.6. The van der Waals surface area contributed by atoms with Gasteiger partial charge in [-0.25, -0.2) is 14.4 Å². The topological polar surface area (TPSA) is 106 Å². The van der Waals surface area contributed by atoms with Gasteiger partial charge in [0, 0.05) is 17.8 Å². The van der Waals surface area contributed by atoms with Crippen LogP contribution < -0.4 is 11.1 Å². The highest BCUT2D eigenvalue weighted by Gasteiger charge is 2.56. The van der Waals surface area contributed by atoms with Crippen molar-refractivity contribution in [2.75, 3.05) is 5.73 Å². The van der Waals surface area contributed by atoms with Gasteiger partial charge in [-0.1, -0.05) is 23.7 Å². The minimum Gasteiger partial charge on any atom is -0.383 e. The van der Waals surface area contributed by atoms with Crippen LogP contribution in [0.15, 0.2) is 36.8 Å². The number of amides is 2. The molecule has 0 bridgehead atoms. The zero-order valence-corrected chi connectivity index (χ0v) is 18.1. The number of halogens is 2. The molecule has 4 atom stereocenters. The van der Waals surface area contributed by atoms with Crippen LogP contribution in [-0.4, -0.2) is 43.3 Å². The van der Waals surface area contributed by atoms with E-state index < -0.39 is 17.9 Å². The predicted molar refractivity (Wildman–Crippen MR) is 117 cm³/mol. The number of aromatic nitrogens is 3. The molecule has 8 nitrogen and oxygen atoms in total. The summed E-state index contributed by atoms with van der Waals surface area (Å²) in [4.78, 5) is 36.2. The molecule has 3 heterocycles. The standard InChI is InChI=1S/C22H22ClFN6O2/c1-11(13-3-2-4-15(23)19(13)24)28-22(32)17-8-12-7-16(12)30(17)18(31)9-29-6-5-14-20(25)26-10-27-21(14)29/h2-6,10-12,16-17H,7-9H2,1H3,(H,28,32)(H2,25,26,27)/t11?,12-,16-,17+/m1/s1. The van der Waals surface area contributed by atoms with Gasteiger partial charge in [-0.15, -0.1) is 0 Å². The molecule has 2 aromatic heterocycles. The largest absolute Gasteiger partial charge is 0.383 e. The summed E-state index contributed by atoms with van der Waals surface area (Å²) in [7, 11) is 0. The monoisotopic (exact) mass is 456 g/mol. The van der Waals surface area contributed by atoms with Gasteiger partial charge in [0.1, 0.15) is 36.2 Å². The first-order valence-electron chi connectivity index (χ1n) is 10.5. The van der Waals surface area contributed by atoms with Gasteiger partial charge in [-0.05, 0) is 37.8 Å². The molecule has 32 heavy (non-hydrogen) atoms. The third-order valence-corrected chi connectivity index (χ3v) is 6.69. The van der Waals surface area contributed by atoms with Crippen LogP contribution in [0.5, 0.6) is 0 Å². The molecule has 2 aliphatic rings. The second-order valence-electron chi connectivity index (χ2n) is 8.43. The van der Waals surface area contributed by atoms with E-state index in [0.29, 0.717) is 34.8 Å². The summed E-state index contributed by atoms with van der Waals surface area (Å²) in [6.45, 7) is 1.75. The number of hydrogen-bond donors (Lipinski definition) is 2. The summed E-state index contributed by atoms with van der Waals surface area (Å²) >= 11 is 5.87. The number of nitrogen functional groups attached to an aromatic ring is 1. The van der Waals surface area contributed by atoms with Gasteiger partial charge in [0.2, 0.25) is 11.8 Å². The van der Waals surface area contributed by atoms with Crippen LogP contribution in [-0.2, 0) is 16.1 Å². The van der Waals surface area contributed by atoms with E-state index in [1.54, 1.807) is 40.8 Å². The van der Waals surface area contributed by atoms with E-state index in [1.807, 2.05) is 0 Å². The number of hydrogen-bond acceptors (Lipinski definition) is 5. The van der Waals surface area contributed by atoms with Crippen molar-refractivity contribution in [3.05, 3.63) is 53.2 Å². The third kappa shape index (κ3) is 3.46. The molecule has 10 heteroatoms. The Morgan fingerprint density at radius 3 is 2.94 bits per heavy atom. The number of fused-ring (bicyclic) bond motifs is 2. The quantitative estimate of drug-likeness (QED) is 0.614. The molecule has 166 valence electrons. The number of benzene rings is 1. The molecule has 0 spiro atoms. The summed E-state index contributed by atoms with van der Waals surface area (Å²) in [6.07, 6.45) is 4.61. The lowest BCUT2D eigenvalue weighted by Crippen LogP contribution is -2.49. The first-order chi connectivity index (χ1) is 15.3. The maximum atomic E-state index is 14.4. The summed E-state index contributed by atoms with van der Waals surface area (Å²) in [5.74, 6) is -0.325. The molecule has 1 saturated carbocycles. The average molecular weight is 457 g/mol. The third-order valence-electron chi connectivity index (χ3n) is 6.39. The lowest BCUT2D eigenvalue weighted by Gasteiger charge is -2.28. The van der Waals surface area contributed by atoms with Crippen molar-refractivity contribution >= 4 is 40.3 Å². The Morgan fingerprint density at radius 1 is 1.31 bits per heavy atom. The Hall–Kier alpha value is -3.20. The highest BCUT2D eigenvalue weighted by Crippen LogP contribution is 2.48. The minimum absolute atomic E-state index is 0.00547. The van der Waals surface area contributed by atoms with Crippen LogP contribution in [0.2, 0.25) is 5.02 Å². The van der Waals surface area contributed by atoms with Crippen LogP contribution in [0.3, 0.4) is 0 Å². The van der Waals surface area contributed by atoms with Crippen LogP contribution in [0, 0.1) is 11.7 Å². The molecule has 5 rings (SSSR count). The lowest BCUT2D eigenvalue weighted by molar-refractivity contribution is -0.140. The molecular formula is C22H22ClFN6O2. The zero-order valence-electron chi connectivity index (χ0n) is 17.3. The van der Waals surface area contributed by atoms with E-state index >= 15 is 0 Å². The minimum atomic E-state index is -0.586. The SMILES string of the molecule is CC(NC(=O)[C@@H]1C[C@H]2C[C@H]2N1C(=O)Cn1ccc2c(N)ncnc21)c1cccc(Cl)c1F. The van der Waals surface area contributed by atoms with Crippen LogP contribution in [0.25, 0.3) is 11.0 Å². The fraction of sp³-hybridized carbons (Fsp3) is 0.364. The van der Waals surface area contributed by atoms with Crippen molar-refractivity contribution in [2.45, 2.75) is 44.4 Å². The van der Waals surface area contributed by atoms with Crippen molar-refractivity contribution in [2.24, 2.45) is 5.92 Å².